The van der Waals surface area contributed by atoms with Gasteiger partial charge < -0.3 is 0 Å². The molecule has 0 saturated carbocycles. The SMILES string of the molecule is NNC(c1cc(F)ccc1F)c1sccc1Br. The van der Waals surface area contributed by atoms with Crippen LogP contribution in [0.3, 0.4) is 0 Å². The van der Waals surface area contributed by atoms with Gasteiger partial charge in [-0.15, -0.1) is 11.3 Å². The predicted octanol–water partition coefficient (Wildman–Crippen LogP) is 3.34. The van der Waals surface area contributed by atoms with Gasteiger partial charge in [0.2, 0.25) is 0 Å². The number of nitrogens with one attached hydrogen (secondary N) is 1. The molecule has 1 aromatic heterocycles. The zero-order chi connectivity index (χ0) is 12.4. The van der Waals surface area contributed by atoms with Gasteiger partial charge in [0.1, 0.15) is 11.6 Å². The maximum absolute atomic E-state index is 13.7. The van der Waals surface area contributed by atoms with Crippen LogP contribution in [0.25, 0.3) is 0 Å². The molecule has 0 amide bonds. The minimum Gasteiger partial charge on any atom is -0.271 e. The Morgan fingerprint density at radius 3 is 2.65 bits per heavy atom. The summed E-state index contributed by atoms with van der Waals surface area (Å²) >= 11 is 4.76. The lowest BCUT2D eigenvalue weighted by Crippen LogP contribution is -2.29. The summed E-state index contributed by atoms with van der Waals surface area (Å²) in [5.41, 5.74) is 2.69. The summed E-state index contributed by atoms with van der Waals surface area (Å²) in [5, 5.41) is 1.85. The second-order valence-electron chi connectivity index (χ2n) is 3.40. The smallest absolute Gasteiger partial charge is 0.128 e. The van der Waals surface area contributed by atoms with Gasteiger partial charge in [-0.2, -0.15) is 0 Å². The fourth-order valence-electron chi connectivity index (χ4n) is 1.55. The molecule has 1 heterocycles. The van der Waals surface area contributed by atoms with Crippen molar-refractivity contribution < 1.29 is 8.78 Å². The molecule has 17 heavy (non-hydrogen) atoms. The van der Waals surface area contributed by atoms with E-state index in [0.29, 0.717) is 0 Å². The quantitative estimate of drug-likeness (QED) is 0.673. The maximum Gasteiger partial charge on any atom is 0.128 e. The number of nitrogens with two attached hydrogens (primary N) is 1. The van der Waals surface area contributed by atoms with Crippen LogP contribution in [-0.4, -0.2) is 0 Å². The molecule has 0 spiro atoms. The van der Waals surface area contributed by atoms with Crippen LogP contribution in [0.4, 0.5) is 8.78 Å². The fraction of sp³-hybridized carbons (Fsp3) is 0.0909. The molecule has 0 aliphatic rings. The van der Waals surface area contributed by atoms with Gasteiger partial charge in [0, 0.05) is 14.9 Å². The summed E-state index contributed by atoms with van der Waals surface area (Å²) in [6, 6.07) is 4.58. The van der Waals surface area contributed by atoms with E-state index in [0.717, 1.165) is 27.5 Å². The molecule has 3 N–H and O–H groups in total. The van der Waals surface area contributed by atoms with Gasteiger partial charge in [-0.3, -0.25) is 5.84 Å². The minimum atomic E-state index is -0.569. The van der Waals surface area contributed by atoms with Crippen molar-refractivity contribution in [2.24, 2.45) is 5.84 Å². The zero-order valence-corrected chi connectivity index (χ0v) is 11.0. The lowest BCUT2D eigenvalue weighted by atomic mass is 10.1. The Morgan fingerprint density at radius 2 is 2.06 bits per heavy atom. The second-order valence-corrected chi connectivity index (χ2v) is 5.20. The Morgan fingerprint density at radius 1 is 1.29 bits per heavy atom. The summed E-state index contributed by atoms with van der Waals surface area (Å²) in [6.45, 7) is 0. The van der Waals surface area contributed by atoms with Crippen molar-refractivity contribution in [3.63, 3.8) is 0 Å². The number of halogens is 3. The van der Waals surface area contributed by atoms with Gasteiger partial charge in [-0.1, -0.05) is 0 Å². The van der Waals surface area contributed by atoms with E-state index in [2.05, 4.69) is 21.4 Å². The van der Waals surface area contributed by atoms with Crippen molar-refractivity contribution in [2.75, 3.05) is 0 Å². The molecule has 0 fully saturated rings. The lowest BCUT2D eigenvalue weighted by Gasteiger charge is -2.16. The largest absolute Gasteiger partial charge is 0.271 e. The average molecular weight is 319 g/mol. The highest BCUT2D eigenvalue weighted by Gasteiger charge is 2.20. The van der Waals surface area contributed by atoms with Crippen LogP contribution in [0.1, 0.15) is 16.5 Å². The van der Waals surface area contributed by atoms with Crippen LogP contribution in [0.2, 0.25) is 0 Å². The summed E-state index contributed by atoms with van der Waals surface area (Å²) < 4.78 is 27.6. The van der Waals surface area contributed by atoms with Crippen LogP contribution in [-0.2, 0) is 0 Å². The van der Waals surface area contributed by atoms with Crippen molar-refractivity contribution in [3.8, 4) is 0 Å². The molecule has 0 aliphatic carbocycles. The van der Waals surface area contributed by atoms with E-state index in [1.165, 1.54) is 11.3 Å². The molecular formula is C11H9BrF2N2S. The van der Waals surface area contributed by atoms with Crippen LogP contribution in [0, 0.1) is 11.6 Å². The highest BCUT2D eigenvalue weighted by molar-refractivity contribution is 9.10. The maximum atomic E-state index is 13.7. The molecule has 1 unspecified atom stereocenters. The van der Waals surface area contributed by atoms with Crippen molar-refractivity contribution in [1.82, 2.24) is 5.43 Å². The van der Waals surface area contributed by atoms with Crippen molar-refractivity contribution in [2.45, 2.75) is 6.04 Å². The van der Waals surface area contributed by atoms with Gasteiger partial charge >= 0.3 is 0 Å². The first kappa shape index (κ1) is 12.6. The average Bonchev–Trinajstić information content (AvgIpc) is 2.71. The van der Waals surface area contributed by atoms with E-state index in [1.807, 2.05) is 11.4 Å². The third-order valence-electron chi connectivity index (χ3n) is 2.34. The highest BCUT2D eigenvalue weighted by atomic mass is 79.9. The Kier molecular flexibility index (Phi) is 3.88. The molecule has 1 aromatic carbocycles. The molecule has 90 valence electrons. The molecule has 0 bridgehead atoms. The Hall–Kier alpha value is -0.820. The van der Waals surface area contributed by atoms with Gasteiger partial charge in [0.15, 0.2) is 0 Å². The first-order valence-electron chi connectivity index (χ1n) is 4.77. The number of rotatable bonds is 3. The van der Waals surface area contributed by atoms with Gasteiger partial charge in [0.05, 0.1) is 6.04 Å². The van der Waals surface area contributed by atoms with Crippen molar-refractivity contribution >= 4 is 27.3 Å². The Bertz CT molecular complexity index is 530. The topological polar surface area (TPSA) is 38.0 Å². The van der Waals surface area contributed by atoms with E-state index in [4.69, 9.17) is 5.84 Å². The third-order valence-corrected chi connectivity index (χ3v) is 4.28. The summed E-state index contributed by atoms with van der Waals surface area (Å²) in [6.07, 6.45) is 0. The third kappa shape index (κ3) is 2.55. The molecule has 1 atom stereocenters. The standard InChI is InChI=1S/C11H9BrF2N2S/c12-8-3-4-17-11(8)10(16-15)7-5-6(13)1-2-9(7)14/h1-5,10,16H,15H2. The predicted molar refractivity (Wildman–Crippen MR) is 67.5 cm³/mol. The van der Waals surface area contributed by atoms with E-state index in [-0.39, 0.29) is 5.56 Å². The van der Waals surface area contributed by atoms with Crippen LogP contribution in [0.5, 0.6) is 0 Å². The lowest BCUT2D eigenvalue weighted by molar-refractivity contribution is 0.548. The molecule has 2 nitrogen and oxygen atoms in total. The molecule has 0 radical (unpaired) electrons. The van der Waals surface area contributed by atoms with Gasteiger partial charge in [-0.05, 0) is 45.6 Å². The van der Waals surface area contributed by atoms with Gasteiger partial charge in [-0.25, -0.2) is 14.2 Å². The second kappa shape index (κ2) is 5.22. The minimum absolute atomic E-state index is 0.190. The molecule has 0 saturated heterocycles. The molecule has 6 heteroatoms. The molecule has 0 aliphatic heterocycles. The number of hydrogen-bond donors (Lipinski definition) is 2. The Labute approximate surface area is 110 Å². The number of benzene rings is 1. The van der Waals surface area contributed by atoms with E-state index in [1.54, 1.807) is 0 Å². The normalized spacial score (nSPS) is 12.7. The van der Waals surface area contributed by atoms with E-state index < -0.39 is 17.7 Å². The number of hydrazine groups is 1. The number of hydrogen-bond acceptors (Lipinski definition) is 3. The highest BCUT2D eigenvalue weighted by Crippen LogP contribution is 2.33. The summed E-state index contributed by atoms with van der Waals surface area (Å²) in [7, 11) is 0. The van der Waals surface area contributed by atoms with E-state index in [9.17, 15) is 8.78 Å². The molecule has 2 aromatic rings. The Balaban J connectivity index is 2.49. The van der Waals surface area contributed by atoms with E-state index >= 15 is 0 Å². The van der Waals surface area contributed by atoms with Crippen molar-refractivity contribution in [3.05, 3.63) is 56.2 Å². The fourth-order valence-corrected chi connectivity index (χ4v) is 3.23. The molecule has 2 rings (SSSR count). The first-order chi connectivity index (χ1) is 8.13. The zero-order valence-electron chi connectivity index (χ0n) is 8.58. The van der Waals surface area contributed by atoms with Crippen LogP contribution in [0.15, 0.2) is 34.1 Å². The monoisotopic (exact) mass is 318 g/mol. The van der Waals surface area contributed by atoms with Crippen LogP contribution >= 0.6 is 27.3 Å². The van der Waals surface area contributed by atoms with Gasteiger partial charge in [0.25, 0.3) is 0 Å². The molecular weight excluding hydrogens is 310 g/mol. The van der Waals surface area contributed by atoms with Crippen molar-refractivity contribution in [1.29, 1.82) is 0 Å². The first-order valence-corrected chi connectivity index (χ1v) is 6.44. The summed E-state index contributed by atoms with van der Waals surface area (Å²) in [5.74, 6) is 4.45. The number of thiophene rings is 1. The van der Waals surface area contributed by atoms with Crippen LogP contribution < -0.4 is 11.3 Å². The summed E-state index contributed by atoms with van der Waals surface area (Å²) in [4.78, 5) is 0.803.